The van der Waals surface area contributed by atoms with Crippen molar-refractivity contribution in [2.75, 3.05) is 0 Å². The van der Waals surface area contributed by atoms with Gasteiger partial charge in [0.2, 0.25) is 0 Å². The van der Waals surface area contributed by atoms with Crippen LogP contribution in [-0.4, -0.2) is 0 Å². The lowest BCUT2D eigenvalue weighted by Crippen LogP contribution is -2.32. The van der Waals surface area contributed by atoms with E-state index in [1.54, 1.807) is 0 Å². The SMILES string of the molecule is c1ccc2c(c1)-c1ccccc1C21CC2(CC3(c4ccccc4-c4ccccc43)c3ccccc32)c2ccccc21. The van der Waals surface area contributed by atoms with Crippen LogP contribution < -0.4 is 0 Å². The van der Waals surface area contributed by atoms with E-state index >= 15 is 0 Å². The van der Waals surface area contributed by atoms with Gasteiger partial charge < -0.3 is 0 Å². The van der Waals surface area contributed by atoms with Crippen molar-refractivity contribution in [3.8, 4) is 22.3 Å². The van der Waals surface area contributed by atoms with Gasteiger partial charge >= 0.3 is 0 Å². The van der Waals surface area contributed by atoms with Crippen molar-refractivity contribution in [1.29, 1.82) is 0 Å². The second kappa shape index (κ2) is 7.33. The van der Waals surface area contributed by atoms with E-state index in [-0.39, 0.29) is 16.2 Å². The molecule has 0 atom stereocenters. The van der Waals surface area contributed by atoms with Crippen molar-refractivity contribution in [1.82, 2.24) is 0 Å². The van der Waals surface area contributed by atoms with Crippen LogP contribution in [-0.2, 0) is 16.2 Å². The third-order valence-corrected chi connectivity index (χ3v) is 11.1. The van der Waals surface area contributed by atoms with Gasteiger partial charge in [-0.15, -0.1) is 0 Å². The van der Waals surface area contributed by atoms with Crippen molar-refractivity contribution in [3.05, 3.63) is 190 Å². The average molecular weight is 521 g/mol. The minimum absolute atomic E-state index is 0.109. The predicted molar refractivity (Wildman–Crippen MR) is 166 cm³/mol. The molecule has 0 aromatic heterocycles. The maximum Gasteiger partial charge on any atom is 0.0478 e. The molecule has 4 aliphatic rings. The van der Waals surface area contributed by atoms with Crippen LogP contribution in [0.4, 0.5) is 0 Å². The third-order valence-electron chi connectivity index (χ3n) is 11.1. The van der Waals surface area contributed by atoms with Gasteiger partial charge in [0, 0.05) is 16.2 Å². The zero-order chi connectivity index (χ0) is 26.8. The average Bonchev–Trinajstić information content (AvgIpc) is 3.71. The predicted octanol–water partition coefficient (Wildman–Crippen LogP) is 9.41. The molecular formula is C41H28. The quantitative estimate of drug-likeness (QED) is 0.187. The van der Waals surface area contributed by atoms with Gasteiger partial charge in [-0.05, 0) is 79.6 Å². The van der Waals surface area contributed by atoms with Crippen molar-refractivity contribution in [3.63, 3.8) is 0 Å². The summed E-state index contributed by atoms with van der Waals surface area (Å²) in [7, 11) is 0. The molecule has 0 unspecified atom stereocenters. The molecule has 0 radical (unpaired) electrons. The second-order valence-electron chi connectivity index (χ2n) is 12.5. The second-order valence-corrected chi connectivity index (χ2v) is 12.5. The van der Waals surface area contributed by atoms with Gasteiger partial charge in [0.1, 0.15) is 0 Å². The largest absolute Gasteiger partial charge is 0.0619 e. The highest BCUT2D eigenvalue weighted by Crippen LogP contribution is 2.72. The van der Waals surface area contributed by atoms with E-state index in [1.807, 2.05) is 0 Å². The Hall–Kier alpha value is -4.68. The maximum absolute atomic E-state index is 2.45. The van der Waals surface area contributed by atoms with Crippen LogP contribution in [0.2, 0.25) is 0 Å². The van der Waals surface area contributed by atoms with Gasteiger partial charge in [0.15, 0.2) is 0 Å². The molecule has 0 saturated carbocycles. The summed E-state index contributed by atoms with van der Waals surface area (Å²) in [5.74, 6) is 0. The third kappa shape index (κ3) is 2.34. The van der Waals surface area contributed by atoms with Crippen molar-refractivity contribution >= 4 is 0 Å². The Balaban J connectivity index is 1.32. The first-order valence-electron chi connectivity index (χ1n) is 14.9. The van der Waals surface area contributed by atoms with E-state index in [0.29, 0.717) is 0 Å². The molecule has 0 fully saturated rings. The highest BCUT2D eigenvalue weighted by Gasteiger charge is 2.65. The first kappa shape index (κ1) is 22.1. The molecule has 0 bridgehead atoms. The van der Waals surface area contributed by atoms with Crippen LogP contribution in [0.1, 0.15) is 57.3 Å². The molecule has 6 aromatic rings. The normalized spacial score (nSPS) is 18.1. The zero-order valence-electron chi connectivity index (χ0n) is 22.8. The Morgan fingerprint density at radius 1 is 0.268 bits per heavy atom. The molecule has 6 aromatic carbocycles. The van der Waals surface area contributed by atoms with E-state index < -0.39 is 0 Å². The first-order valence-corrected chi connectivity index (χ1v) is 14.9. The number of benzene rings is 6. The highest BCUT2D eigenvalue weighted by atomic mass is 14.7. The molecule has 192 valence electrons. The summed E-state index contributed by atoms with van der Waals surface area (Å²) < 4.78 is 0. The number of hydrogen-bond acceptors (Lipinski definition) is 0. The van der Waals surface area contributed by atoms with Crippen molar-refractivity contribution < 1.29 is 0 Å². The van der Waals surface area contributed by atoms with E-state index in [2.05, 4.69) is 146 Å². The minimum Gasteiger partial charge on any atom is -0.0619 e. The Morgan fingerprint density at radius 3 is 0.829 bits per heavy atom. The van der Waals surface area contributed by atoms with Gasteiger partial charge in [-0.25, -0.2) is 0 Å². The summed E-state index contributed by atoms with van der Waals surface area (Å²) in [5.41, 5.74) is 17.0. The van der Waals surface area contributed by atoms with Crippen LogP contribution in [0.15, 0.2) is 146 Å². The van der Waals surface area contributed by atoms with Gasteiger partial charge in [-0.3, -0.25) is 0 Å². The van der Waals surface area contributed by atoms with Gasteiger partial charge in [-0.2, -0.15) is 0 Å². The molecule has 0 heterocycles. The molecule has 0 saturated heterocycles. The molecule has 41 heavy (non-hydrogen) atoms. The highest BCUT2D eigenvalue weighted by molar-refractivity contribution is 5.88. The number of rotatable bonds is 0. The molecule has 0 aliphatic heterocycles. The Labute approximate surface area is 241 Å². The van der Waals surface area contributed by atoms with Crippen LogP contribution in [0.25, 0.3) is 22.3 Å². The molecule has 0 amide bonds. The topological polar surface area (TPSA) is 0 Å². The lowest BCUT2D eigenvalue weighted by Gasteiger charge is -2.35. The van der Waals surface area contributed by atoms with Crippen molar-refractivity contribution in [2.24, 2.45) is 0 Å². The summed E-state index contributed by atoms with van der Waals surface area (Å²) in [6.07, 6.45) is 2.10. The lowest BCUT2D eigenvalue weighted by molar-refractivity contribution is 0.402. The first-order chi connectivity index (χ1) is 20.3. The van der Waals surface area contributed by atoms with Crippen LogP contribution in [0.3, 0.4) is 0 Å². The van der Waals surface area contributed by atoms with Gasteiger partial charge in [-0.1, -0.05) is 146 Å². The van der Waals surface area contributed by atoms with Crippen LogP contribution >= 0.6 is 0 Å². The summed E-state index contributed by atoms with van der Waals surface area (Å²) in [6, 6.07) is 55.6. The summed E-state index contributed by atoms with van der Waals surface area (Å²) in [6.45, 7) is 0. The Bertz CT molecular complexity index is 1830. The van der Waals surface area contributed by atoms with Crippen LogP contribution in [0.5, 0.6) is 0 Å². The number of hydrogen-bond donors (Lipinski definition) is 0. The molecule has 0 nitrogen and oxygen atoms in total. The summed E-state index contributed by atoms with van der Waals surface area (Å²) in [4.78, 5) is 0. The molecular weight excluding hydrogens is 492 g/mol. The number of fused-ring (bicyclic) bond motifs is 16. The lowest BCUT2D eigenvalue weighted by atomic mass is 9.66. The summed E-state index contributed by atoms with van der Waals surface area (Å²) >= 11 is 0. The fourth-order valence-electron chi connectivity index (χ4n) is 9.84. The van der Waals surface area contributed by atoms with E-state index in [4.69, 9.17) is 0 Å². The molecule has 3 spiro atoms. The smallest absolute Gasteiger partial charge is 0.0478 e. The molecule has 0 N–H and O–H groups in total. The Morgan fingerprint density at radius 2 is 0.512 bits per heavy atom. The zero-order valence-corrected chi connectivity index (χ0v) is 22.8. The fourth-order valence-corrected chi connectivity index (χ4v) is 9.84. The van der Waals surface area contributed by atoms with Gasteiger partial charge in [0.25, 0.3) is 0 Å². The molecule has 0 heteroatoms. The van der Waals surface area contributed by atoms with Crippen molar-refractivity contribution in [2.45, 2.75) is 29.1 Å². The van der Waals surface area contributed by atoms with E-state index in [1.165, 1.54) is 66.8 Å². The molecule has 10 rings (SSSR count). The van der Waals surface area contributed by atoms with E-state index in [9.17, 15) is 0 Å². The van der Waals surface area contributed by atoms with Gasteiger partial charge in [0.05, 0.1) is 0 Å². The fraction of sp³-hybridized carbons (Fsp3) is 0.122. The van der Waals surface area contributed by atoms with E-state index in [0.717, 1.165) is 12.8 Å². The summed E-state index contributed by atoms with van der Waals surface area (Å²) in [5, 5.41) is 0. The minimum atomic E-state index is -0.167. The standard InChI is InChI=1S/C41H28/c1-5-17-31-27(13-1)28-14-2-6-18-32(28)40(31)25-39(35-21-9-11-23-37(35)40)26-41(38-24-12-10-22-36(38)39)33-19-7-3-15-29(33)30-16-4-8-20-34(30)41/h1-24H,25-26H2. The molecule has 4 aliphatic carbocycles. The Kier molecular flexibility index (Phi) is 3.95. The van der Waals surface area contributed by atoms with Crippen LogP contribution in [0, 0.1) is 0 Å². The monoisotopic (exact) mass is 520 g/mol. The maximum atomic E-state index is 2.45.